The van der Waals surface area contributed by atoms with E-state index >= 15 is 0 Å². The van der Waals surface area contributed by atoms with Gasteiger partial charge in [-0.25, -0.2) is 0 Å². The molecule has 1 unspecified atom stereocenters. The second kappa shape index (κ2) is 6.63. The fraction of sp³-hybridized carbons (Fsp3) is 0.500. The molecule has 1 N–H and O–H groups in total. The van der Waals surface area contributed by atoms with E-state index in [1.165, 1.54) is 0 Å². The quantitative estimate of drug-likeness (QED) is 0.863. The van der Waals surface area contributed by atoms with E-state index in [4.69, 9.17) is 4.74 Å². The summed E-state index contributed by atoms with van der Waals surface area (Å²) in [5.41, 5.74) is 1.13. The molecule has 1 atom stereocenters. The van der Waals surface area contributed by atoms with Crippen LogP contribution in [-0.2, 0) is 9.59 Å². The topological polar surface area (TPSA) is 75.7 Å². The first-order valence-corrected chi connectivity index (χ1v) is 8.41. The summed E-state index contributed by atoms with van der Waals surface area (Å²) in [6.45, 7) is 4.68. The minimum atomic E-state index is -0.477. The molecule has 0 radical (unpaired) electrons. The van der Waals surface area contributed by atoms with Gasteiger partial charge in [-0.05, 0) is 37.5 Å². The van der Waals surface area contributed by atoms with E-state index in [9.17, 15) is 14.4 Å². The lowest BCUT2D eigenvalue weighted by atomic mass is 9.88. The number of piperidine rings is 1. The highest BCUT2D eigenvalue weighted by Crippen LogP contribution is 2.32. The van der Waals surface area contributed by atoms with Crippen molar-refractivity contribution in [1.82, 2.24) is 4.90 Å². The highest BCUT2D eigenvalue weighted by molar-refractivity contribution is 6.02. The molecule has 2 aliphatic rings. The third-order valence-electron chi connectivity index (χ3n) is 4.77. The zero-order chi connectivity index (χ0) is 17.3. The monoisotopic (exact) mass is 330 g/mol. The van der Waals surface area contributed by atoms with Gasteiger partial charge in [0.15, 0.2) is 11.9 Å². The van der Waals surface area contributed by atoms with E-state index in [-0.39, 0.29) is 23.5 Å². The molecule has 0 saturated carbocycles. The van der Waals surface area contributed by atoms with Crippen LogP contribution in [0.5, 0.6) is 5.75 Å². The maximum absolute atomic E-state index is 12.7. The number of fused-ring (bicyclic) bond motifs is 1. The van der Waals surface area contributed by atoms with Crippen LogP contribution >= 0.6 is 0 Å². The number of carbonyl (C=O) groups is 3. The van der Waals surface area contributed by atoms with E-state index in [0.29, 0.717) is 49.4 Å². The molecule has 1 saturated heterocycles. The molecule has 0 spiro atoms. The number of amides is 2. The Balaban J connectivity index is 1.72. The Morgan fingerprint density at radius 3 is 2.62 bits per heavy atom. The molecule has 3 rings (SSSR count). The first-order chi connectivity index (χ1) is 11.5. The number of nitrogens with zero attached hydrogens (tertiary/aromatic N) is 1. The largest absolute Gasteiger partial charge is 0.478 e. The van der Waals surface area contributed by atoms with Crippen LogP contribution in [-0.4, -0.2) is 41.7 Å². The smallest absolute Gasteiger partial charge is 0.265 e. The number of nitrogens with one attached hydrogen (secondary N) is 1. The van der Waals surface area contributed by atoms with E-state index in [2.05, 4.69) is 5.32 Å². The number of carbonyl (C=O) groups excluding carboxylic acids is 3. The van der Waals surface area contributed by atoms with Crippen molar-refractivity contribution in [3.63, 3.8) is 0 Å². The highest BCUT2D eigenvalue weighted by Gasteiger charge is 2.29. The first kappa shape index (κ1) is 16.5. The molecule has 1 aromatic rings. The van der Waals surface area contributed by atoms with Crippen LogP contribution in [0.15, 0.2) is 18.2 Å². The predicted octanol–water partition coefficient (Wildman–Crippen LogP) is 2.24. The average Bonchev–Trinajstić information content (AvgIpc) is 2.60. The van der Waals surface area contributed by atoms with Gasteiger partial charge < -0.3 is 15.0 Å². The van der Waals surface area contributed by atoms with Gasteiger partial charge >= 0.3 is 0 Å². The second-order valence-electron chi connectivity index (χ2n) is 6.36. The number of hydrogen-bond donors (Lipinski definition) is 1. The van der Waals surface area contributed by atoms with Gasteiger partial charge in [0.25, 0.3) is 5.91 Å². The van der Waals surface area contributed by atoms with Gasteiger partial charge in [0.2, 0.25) is 5.91 Å². The highest BCUT2D eigenvalue weighted by atomic mass is 16.5. The third-order valence-corrected chi connectivity index (χ3v) is 4.77. The van der Waals surface area contributed by atoms with Crippen LogP contribution in [0.2, 0.25) is 0 Å². The fourth-order valence-corrected chi connectivity index (χ4v) is 3.26. The van der Waals surface area contributed by atoms with Gasteiger partial charge in [0, 0.05) is 31.5 Å². The lowest BCUT2D eigenvalue weighted by Crippen LogP contribution is -2.39. The van der Waals surface area contributed by atoms with E-state index in [1.54, 1.807) is 30.0 Å². The fourth-order valence-electron chi connectivity index (χ4n) is 3.26. The number of ketones is 1. The molecular formula is C18H22N2O4. The van der Waals surface area contributed by atoms with E-state index in [1.807, 2.05) is 6.92 Å². The van der Waals surface area contributed by atoms with Gasteiger partial charge in [0.1, 0.15) is 5.75 Å². The molecule has 128 valence electrons. The van der Waals surface area contributed by atoms with Crippen molar-refractivity contribution in [2.45, 2.75) is 39.2 Å². The molecule has 2 amide bonds. The van der Waals surface area contributed by atoms with Crippen LogP contribution in [0, 0.1) is 5.92 Å². The van der Waals surface area contributed by atoms with Crippen molar-refractivity contribution in [1.29, 1.82) is 0 Å². The summed E-state index contributed by atoms with van der Waals surface area (Å²) in [6, 6.07) is 5.19. The maximum Gasteiger partial charge on any atom is 0.265 e. The molecule has 0 aromatic heterocycles. The van der Waals surface area contributed by atoms with Crippen molar-refractivity contribution in [3.05, 3.63) is 23.8 Å². The molecule has 6 nitrogen and oxygen atoms in total. The summed E-state index contributed by atoms with van der Waals surface area (Å²) in [4.78, 5) is 37.8. The maximum atomic E-state index is 12.7. The van der Waals surface area contributed by atoms with Crippen LogP contribution in [0.25, 0.3) is 0 Å². The standard InChI is InChI=1S/C18H22N2O4/c1-3-15-18(23)19-14-10-13(4-5-16(14)24-15)17(22)12-6-8-20(9-7-12)11(2)21/h4-5,10,12,15H,3,6-9H2,1-2H3,(H,19,23). The first-order valence-electron chi connectivity index (χ1n) is 8.41. The third kappa shape index (κ3) is 3.13. The van der Waals surface area contributed by atoms with Crippen LogP contribution in [0.4, 0.5) is 5.69 Å². The van der Waals surface area contributed by atoms with Crippen molar-refractivity contribution >= 4 is 23.3 Å². The van der Waals surface area contributed by atoms with Crippen LogP contribution in [0.1, 0.15) is 43.5 Å². The molecule has 1 aromatic carbocycles. The summed E-state index contributed by atoms with van der Waals surface area (Å²) < 4.78 is 5.65. The minimum Gasteiger partial charge on any atom is -0.478 e. The molecule has 1 fully saturated rings. The summed E-state index contributed by atoms with van der Waals surface area (Å²) in [5, 5.41) is 2.81. The Morgan fingerprint density at radius 2 is 2.00 bits per heavy atom. The Labute approximate surface area is 141 Å². The number of likely N-dealkylation sites (tertiary alicyclic amines) is 1. The minimum absolute atomic E-state index is 0.0556. The van der Waals surface area contributed by atoms with Crippen LogP contribution < -0.4 is 10.1 Å². The summed E-state index contributed by atoms with van der Waals surface area (Å²) in [7, 11) is 0. The van der Waals surface area contributed by atoms with E-state index in [0.717, 1.165) is 0 Å². The van der Waals surface area contributed by atoms with Gasteiger partial charge in [-0.15, -0.1) is 0 Å². The molecule has 2 aliphatic heterocycles. The van der Waals surface area contributed by atoms with Crippen molar-refractivity contribution in [3.8, 4) is 5.75 Å². The number of Topliss-reactive ketones (excluding diaryl/α,β-unsaturated/α-hetero) is 1. The summed E-state index contributed by atoms with van der Waals surface area (Å²) in [5.74, 6) is 0.462. The number of rotatable bonds is 3. The van der Waals surface area contributed by atoms with Gasteiger partial charge in [-0.1, -0.05) is 6.92 Å². The molecule has 24 heavy (non-hydrogen) atoms. The zero-order valence-corrected chi connectivity index (χ0v) is 14.0. The van der Waals surface area contributed by atoms with Gasteiger partial charge in [0.05, 0.1) is 5.69 Å². The number of benzene rings is 1. The number of hydrogen-bond acceptors (Lipinski definition) is 4. The Hall–Kier alpha value is -2.37. The normalized spacial score (nSPS) is 20.8. The second-order valence-corrected chi connectivity index (χ2v) is 6.36. The lowest BCUT2D eigenvalue weighted by molar-refractivity contribution is -0.130. The molecule has 0 aliphatic carbocycles. The van der Waals surface area contributed by atoms with Gasteiger partial charge in [-0.3, -0.25) is 14.4 Å². The summed E-state index contributed by atoms with van der Waals surface area (Å²) >= 11 is 0. The predicted molar refractivity (Wildman–Crippen MR) is 89.1 cm³/mol. The van der Waals surface area contributed by atoms with Gasteiger partial charge in [-0.2, -0.15) is 0 Å². The molecule has 2 heterocycles. The van der Waals surface area contributed by atoms with Crippen molar-refractivity contribution < 1.29 is 19.1 Å². The molecule has 0 bridgehead atoms. The SMILES string of the molecule is CCC1Oc2ccc(C(=O)C3CCN(C(C)=O)CC3)cc2NC1=O. The average molecular weight is 330 g/mol. The number of anilines is 1. The van der Waals surface area contributed by atoms with Crippen molar-refractivity contribution in [2.75, 3.05) is 18.4 Å². The van der Waals surface area contributed by atoms with E-state index < -0.39 is 6.10 Å². The molecule has 6 heteroatoms. The Bertz CT molecular complexity index is 678. The molecular weight excluding hydrogens is 308 g/mol. The lowest BCUT2D eigenvalue weighted by Gasteiger charge is -2.31. The number of ether oxygens (including phenoxy) is 1. The Morgan fingerprint density at radius 1 is 1.29 bits per heavy atom. The van der Waals surface area contributed by atoms with Crippen LogP contribution in [0.3, 0.4) is 0 Å². The van der Waals surface area contributed by atoms with Crippen molar-refractivity contribution in [2.24, 2.45) is 5.92 Å². The zero-order valence-electron chi connectivity index (χ0n) is 14.0. The Kier molecular flexibility index (Phi) is 4.55. The summed E-state index contributed by atoms with van der Waals surface area (Å²) in [6.07, 6.45) is 1.47.